The second-order valence-corrected chi connectivity index (χ2v) is 11.3. The number of nitrogens with zero attached hydrogens (tertiary/aromatic N) is 3. The summed E-state index contributed by atoms with van der Waals surface area (Å²) in [4.78, 5) is 12.6. The van der Waals surface area contributed by atoms with Gasteiger partial charge in [-0.2, -0.15) is 0 Å². The second-order valence-electron chi connectivity index (χ2n) is 9.57. The largest absolute Gasteiger partial charge is 0.486 e. The molecule has 0 fully saturated rings. The maximum atomic E-state index is 12.6. The van der Waals surface area contributed by atoms with Crippen LogP contribution in [0.15, 0.2) is 71.9 Å². The molecule has 0 unspecified atom stereocenters. The predicted octanol–water partition coefficient (Wildman–Crippen LogP) is 7.49. The molecule has 0 aliphatic carbocycles. The molecule has 0 radical (unpaired) electrons. The Bertz CT molecular complexity index is 1380. The van der Waals surface area contributed by atoms with Gasteiger partial charge in [0.25, 0.3) is 0 Å². The fourth-order valence-corrected chi connectivity index (χ4v) is 4.67. The molecule has 1 N–H and O–H groups in total. The molecule has 192 valence electrons. The Labute approximate surface area is 231 Å². The summed E-state index contributed by atoms with van der Waals surface area (Å²) in [5, 5.41) is 12.8. The summed E-state index contributed by atoms with van der Waals surface area (Å²) in [5.41, 5.74) is 3.80. The molecule has 37 heavy (non-hydrogen) atoms. The average Bonchev–Trinajstić information content (AvgIpc) is 3.27. The number of rotatable bonds is 8. The molecule has 1 aromatic heterocycles. The SMILES string of the molecule is Cc1ccc(-n2c(COc3ccc(C(C)(C)C)cc3)nnc2SCC(=O)Nc2cccc(Cl)c2Cl)cc1. The minimum Gasteiger partial charge on any atom is -0.486 e. The third-order valence-electron chi connectivity index (χ3n) is 5.64. The van der Waals surface area contributed by atoms with Crippen LogP contribution in [-0.2, 0) is 16.8 Å². The molecule has 4 rings (SSSR count). The van der Waals surface area contributed by atoms with E-state index in [-0.39, 0.29) is 23.7 Å². The minimum absolute atomic E-state index is 0.0701. The van der Waals surface area contributed by atoms with Crippen molar-refractivity contribution >= 4 is 46.6 Å². The smallest absolute Gasteiger partial charge is 0.234 e. The topological polar surface area (TPSA) is 69.0 Å². The molecule has 0 spiro atoms. The normalized spacial score (nSPS) is 11.4. The summed E-state index contributed by atoms with van der Waals surface area (Å²) in [6.07, 6.45) is 0. The molecular weight excluding hydrogens is 527 g/mol. The quantitative estimate of drug-likeness (QED) is 0.228. The van der Waals surface area contributed by atoms with Crippen LogP contribution < -0.4 is 10.1 Å². The first kappa shape index (κ1) is 27.0. The highest BCUT2D eigenvalue weighted by Crippen LogP contribution is 2.30. The van der Waals surface area contributed by atoms with Crippen molar-refractivity contribution in [3.63, 3.8) is 0 Å². The Morgan fingerprint density at radius 1 is 1.00 bits per heavy atom. The number of aryl methyl sites for hydroxylation is 1. The number of halogens is 2. The van der Waals surface area contributed by atoms with Gasteiger partial charge in [-0.15, -0.1) is 10.2 Å². The van der Waals surface area contributed by atoms with Crippen molar-refractivity contribution in [1.29, 1.82) is 0 Å². The highest BCUT2D eigenvalue weighted by Gasteiger charge is 2.18. The average molecular weight is 556 g/mol. The van der Waals surface area contributed by atoms with Gasteiger partial charge in [0.05, 0.1) is 21.5 Å². The second kappa shape index (κ2) is 11.6. The predicted molar refractivity (Wildman–Crippen MR) is 151 cm³/mol. The van der Waals surface area contributed by atoms with E-state index in [9.17, 15) is 4.79 Å². The summed E-state index contributed by atoms with van der Waals surface area (Å²) >= 11 is 13.5. The highest BCUT2D eigenvalue weighted by molar-refractivity contribution is 7.99. The molecule has 0 atom stereocenters. The number of nitrogens with one attached hydrogen (secondary N) is 1. The van der Waals surface area contributed by atoms with Crippen molar-refractivity contribution < 1.29 is 9.53 Å². The molecule has 1 heterocycles. The Hall–Kier alpha value is -3.00. The van der Waals surface area contributed by atoms with Gasteiger partial charge in [-0.25, -0.2) is 0 Å². The van der Waals surface area contributed by atoms with Gasteiger partial charge in [-0.1, -0.05) is 91.6 Å². The zero-order chi connectivity index (χ0) is 26.6. The fourth-order valence-electron chi connectivity index (χ4n) is 3.56. The molecule has 9 heteroatoms. The van der Waals surface area contributed by atoms with Crippen LogP contribution in [0.2, 0.25) is 10.0 Å². The lowest BCUT2D eigenvalue weighted by molar-refractivity contribution is -0.113. The minimum atomic E-state index is -0.232. The van der Waals surface area contributed by atoms with Gasteiger partial charge < -0.3 is 10.1 Å². The summed E-state index contributed by atoms with van der Waals surface area (Å²) in [5.74, 6) is 1.26. The van der Waals surface area contributed by atoms with Gasteiger partial charge in [-0.3, -0.25) is 9.36 Å². The first-order chi connectivity index (χ1) is 17.6. The van der Waals surface area contributed by atoms with Crippen LogP contribution in [0.1, 0.15) is 37.7 Å². The lowest BCUT2D eigenvalue weighted by atomic mass is 9.87. The Morgan fingerprint density at radius 2 is 1.70 bits per heavy atom. The summed E-state index contributed by atoms with van der Waals surface area (Å²) in [6, 6.07) is 21.2. The number of amides is 1. The van der Waals surface area contributed by atoms with Gasteiger partial charge in [0.2, 0.25) is 5.91 Å². The van der Waals surface area contributed by atoms with E-state index in [2.05, 4.69) is 48.4 Å². The Morgan fingerprint density at radius 3 is 2.38 bits per heavy atom. The number of ether oxygens (including phenoxy) is 1. The third-order valence-corrected chi connectivity index (χ3v) is 7.39. The molecule has 6 nitrogen and oxygen atoms in total. The Kier molecular flexibility index (Phi) is 8.47. The van der Waals surface area contributed by atoms with Crippen molar-refractivity contribution in [1.82, 2.24) is 14.8 Å². The molecule has 0 aliphatic heterocycles. The van der Waals surface area contributed by atoms with E-state index in [1.165, 1.54) is 17.3 Å². The lowest BCUT2D eigenvalue weighted by Crippen LogP contribution is -2.15. The van der Waals surface area contributed by atoms with E-state index >= 15 is 0 Å². The molecule has 1 amide bonds. The van der Waals surface area contributed by atoms with Crippen LogP contribution >= 0.6 is 35.0 Å². The van der Waals surface area contributed by atoms with Gasteiger partial charge >= 0.3 is 0 Å². The molecular formula is C28H28Cl2N4O2S. The van der Waals surface area contributed by atoms with Crippen LogP contribution in [0.5, 0.6) is 5.75 Å². The van der Waals surface area contributed by atoms with Crippen LogP contribution in [-0.4, -0.2) is 26.4 Å². The Balaban J connectivity index is 1.50. The standard InChI is InChI=1S/C28H28Cl2N4O2S/c1-18-8-12-20(13-9-18)34-24(16-36-21-14-10-19(11-15-21)28(2,3)4)32-33-27(34)37-17-25(35)31-23-7-5-6-22(29)26(23)30/h5-15H,16-17H2,1-4H3,(H,31,35). The van der Waals surface area contributed by atoms with E-state index in [1.807, 2.05) is 47.9 Å². The van der Waals surface area contributed by atoms with E-state index in [0.29, 0.717) is 26.7 Å². The van der Waals surface area contributed by atoms with E-state index < -0.39 is 0 Å². The monoisotopic (exact) mass is 554 g/mol. The maximum Gasteiger partial charge on any atom is 0.234 e. The van der Waals surface area contributed by atoms with E-state index in [0.717, 1.165) is 17.0 Å². The van der Waals surface area contributed by atoms with Crippen molar-refractivity contribution in [3.8, 4) is 11.4 Å². The van der Waals surface area contributed by atoms with Crippen molar-refractivity contribution in [2.45, 2.75) is 44.9 Å². The molecule has 0 aliphatic rings. The first-order valence-corrected chi connectivity index (χ1v) is 13.5. The van der Waals surface area contributed by atoms with Crippen molar-refractivity contribution in [3.05, 3.63) is 93.7 Å². The van der Waals surface area contributed by atoms with Gasteiger partial charge in [-0.05, 0) is 54.3 Å². The van der Waals surface area contributed by atoms with E-state index in [4.69, 9.17) is 27.9 Å². The first-order valence-electron chi connectivity index (χ1n) is 11.7. The van der Waals surface area contributed by atoms with Gasteiger partial charge in [0.15, 0.2) is 11.0 Å². The molecule has 0 saturated heterocycles. The number of carbonyl (C=O) groups excluding carboxylic acids is 1. The summed E-state index contributed by atoms with van der Waals surface area (Å²) < 4.78 is 7.96. The number of anilines is 1. The van der Waals surface area contributed by atoms with Crippen LogP contribution in [0.4, 0.5) is 5.69 Å². The number of aromatic nitrogens is 3. The summed E-state index contributed by atoms with van der Waals surface area (Å²) in [6.45, 7) is 8.78. The number of hydrogen-bond acceptors (Lipinski definition) is 5. The van der Waals surface area contributed by atoms with Crippen LogP contribution in [0.25, 0.3) is 5.69 Å². The lowest BCUT2D eigenvalue weighted by Gasteiger charge is -2.19. The number of benzene rings is 3. The van der Waals surface area contributed by atoms with Gasteiger partial charge in [0.1, 0.15) is 12.4 Å². The van der Waals surface area contributed by atoms with Crippen molar-refractivity contribution in [2.75, 3.05) is 11.1 Å². The van der Waals surface area contributed by atoms with Gasteiger partial charge in [0, 0.05) is 5.69 Å². The zero-order valence-electron chi connectivity index (χ0n) is 21.1. The number of hydrogen-bond donors (Lipinski definition) is 1. The van der Waals surface area contributed by atoms with Crippen molar-refractivity contribution in [2.24, 2.45) is 0 Å². The van der Waals surface area contributed by atoms with Crippen LogP contribution in [0.3, 0.4) is 0 Å². The molecule has 4 aromatic rings. The molecule has 3 aromatic carbocycles. The molecule has 0 saturated carbocycles. The summed E-state index contributed by atoms with van der Waals surface area (Å²) in [7, 11) is 0. The maximum absolute atomic E-state index is 12.6. The molecule has 0 bridgehead atoms. The number of thioether (sulfide) groups is 1. The van der Waals surface area contributed by atoms with Crippen LogP contribution in [0, 0.1) is 6.92 Å². The highest BCUT2D eigenvalue weighted by atomic mass is 35.5. The third kappa shape index (κ3) is 6.86. The zero-order valence-corrected chi connectivity index (χ0v) is 23.4. The number of carbonyl (C=O) groups is 1. The van der Waals surface area contributed by atoms with E-state index in [1.54, 1.807) is 18.2 Å². The fraction of sp³-hybridized carbons (Fsp3) is 0.250.